The molecule has 0 radical (unpaired) electrons. The molecule has 1 amide bonds. The number of carbonyl (C=O) groups is 2. The first-order chi connectivity index (χ1) is 16.3. The highest BCUT2D eigenvalue weighted by Crippen LogP contribution is 2.45. The molecule has 0 spiro atoms. The number of para-hydroxylation sites is 1. The summed E-state index contributed by atoms with van der Waals surface area (Å²) in [6.45, 7) is 3.86. The van der Waals surface area contributed by atoms with Crippen LogP contribution in [0.1, 0.15) is 28.3 Å². The van der Waals surface area contributed by atoms with Gasteiger partial charge in [0.15, 0.2) is 0 Å². The fourth-order valence-corrected chi connectivity index (χ4v) is 4.88. The minimum atomic E-state index is -0.877. The van der Waals surface area contributed by atoms with Crippen LogP contribution in [0.5, 0.6) is 11.5 Å². The summed E-state index contributed by atoms with van der Waals surface area (Å²) in [6, 6.07) is 17.0. The van der Waals surface area contributed by atoms with E-state index in [9.17, 15) is 14.7 Å². The van der Waals surface area contributed by atoms with Crippen LogP contribution in [0.3, 0.4) is 0 Å². The summed E-state index contributed by atoms with van der Waals surface area (Å²) < 4.78 is 11.4. The minimum absolute atomic E-state index is 0.00859. The van der Waals surface area contributed by atoms with Crippen LogP contribution in [-0.2, 0) is 9.59 Å². The summed E-state index contributed by atoms with van der Waals surface area (Å²) in [6.07, 6.45) is 0. The predicted octanol–water partition coefficient (Wildman–Crippen LogP) is 5.71. The minimum Gasteiger partial charge on any atom is -0.507 e. The third kappa shape index (κ3) is 4.07. The number of halogens is 1. The number of nitrogens with zero attached hydrogens (tertiary/aromatic N) is 1. The van der Waals surface area contributed by atoms with E-state index in [2.05, 4.69) is 15.9 Å². The van der Waals surface area contributed by atoms with Gasteiger partial charge in [-0.3, -0.25) is 14.5 Å². The largest absolute Gasteiger partial charge is 0.507 e. The van der Waals surface area contributed by atoms with Gasteiger partial charge in [-0.1, -0.05) is 24.3 Å². The lowest BCUT2D eigenvalue weighted by Crippen LogP contribution is -2.29. The van der Waals surface area contributed by atoms with Crippen molar-refractivity contribution in [1.82, 2.24) is 0 Å². The molecule has 1 N–H and O–H groups in total. The first kappa shape index (κ1) is 23.6. The zero-order valence-corrected chi connectivity index (χ0v) is 20.8. The molecule has 3 aromatic carbocycles. The molecule has 1 heterocycles. The number of methoxy groups -OCH3 is 2. The Bertz CT molecular complexity index is 1310. The molecule has 34 heavy (non-hydrogen) atoms. The van der Waals surface area contributed by atoms with Crippen LogP contribution in [0, 0.1) is 13.8 Å². The summed E-state index contributed by atoms with van der Waals surface area (Å²) in [5, 5.41) is 11.3. The summed E-state index contributed by atoms with van der Waals surface area (Å²) in [7, 11) is 3.07. The number of amides is 1. The number of Topliss-reactive ketones (excluding diaryl/α,β-unsaturated/α-hetero) is 1. The summed E-state index contributed by atoms with van der Waals surface area (Å²) in [5.74, 6) is -0.668. The van der Waals surface area contributed by atoms with Gasteiger partial charge in [0.05, 0.1) is 30.3 Å². The number of ether oxygens (including phenoxy) is 2. The number of benzene rings is 3. The third-order valence-electron chi connectivity index (χ3n) is 5.79. The van der Waals surface area contributed by atoms with Gasteiger partial charge < -0.3 is 14.6 Å². The van der Waals surface area contributed by atoms with Crippen molar-refractivity contribution in [3.8, 4) is 11.5 Å². The number of aryl methyl sites for hydroxylation is 2. The molecular weight excluding hydrogens is 498 g/mol. The van der Waals surface area contributed by atoms with Gasteiger partial charge in [-0.25, -0.2) is 0 Å². The van der Waals surface area contributed by atoms with Gasteiger partial charge in [-0.2, -0.15) is 0 Å². The number of aliphatic hydroxyl groups is 1. The quantitative estimate of drug-likeness (QED) is 0.264. The molecule has 1 fully saturated rings. The van der Waals surface area contributed by atoms with Crippen molar-refractivity contribution in [1.29, 1.82) is 0 Å². The number of hydrogen-bond acceptors (Lipinski definition) is 5. The highest BCUT2D eigenvalue weighted by molar-refractivity contribution is 9.10. The Balaban J connectivity index is 2.00. The van der Waals surface area contributed by atoms with E-state index in [4.69, 9.17) is 9.47 Å². The Kier molecular flexibility index (Phi) is 6.48. The van der Waals surface area contributed by atoms with Gasteiger partial charge in [0.25, 0.3) is 11.7 Å². The second-order valence-corrected chi connectivity index (χ2v) is 8.96. The second kappa shape index (κ2) is 9.35. The van der Waals surface area contributed by atoms with E-state index < -0.39 is 17.7 Å². The Labute approximate surface area is 206 Å². The second-order valence-electron chi connectivity index (χ2n) is 8.11. The maximum atomic E-state index is 13.4. The average molecular weight is 522 g/mol. The van der Waals surface area contributed by atoms with Gasteiger partial charge in [0.2, 0.25) is 0 Å². The average Bonchev–Trinajstić information content (AvgIpc) is 3.08. The maximum Gasteiger partial charge on any atom is 0.300 e. The molecule has 0 aliphatic carbocycles. The topological polar surface area (TPSA) is 76.1 Å². The predicted molar refractivity (Wildman–Crippen MR) is 134 cm³/mol. The van der Waals surface area contributed by atoms with E-state index in [0.29, 0.717) is 32.8 Å². The Hall–Kier alpha value is -3.58. The standard InChI is InChI=1S/C27H24BrNO5/c1-15-11-16(2)13-18(12-15)29-24(19-7-5-6-8-21(19)33-3)23(26(31)27(29)32)25(30)17-9-10-22(34-4)20(28)14-17/h5-14,24,30H,1-4H3/b25-23+. The highest BCUT2D eigenvalue weighted by atomic mass is 79.9. The van der Waals surface area contributed by atoms with Crippen LogP contribution in [0.25, 0.3) is 5.76 Å². The Morgan fingerprint density at radius 1 is 0.912 bits per heavy atom. The molecule has 1 aliphatic heterocycles. The normalized spacial score (nSPS) is 17.2. The van der Waals surface area contributed by atoms with Gasteiger partial charge >= 0.3 is 0 Å². The van der Waals surface area contributed by atoms with Crippen LogP contribution >= 0.6 is 15.9 Å². The van der Waals surface area contributed by atoms with Crippen molar-refractivity contribution in [3.63, 3.8) is 0 Å². The first-order valence-electron chi connectivity index (χ1n) is 10.6. The van der Waals surface area contributed by atoms with E-state index in [-0.39, 0.29) is 11.3 Å². The lowest BCUT2D eigenvalue weighted by atomic mass is 9.94. The fraction of sp³-hybridized carbons (Fsp3) is 0.185. The third-order valence-corrected chi connectivity index (χ3v) is 6.41. The van der Waals surface area contributed by atoms with Crippen molar-refractivity contribution < 1.29 is 24.2 Å². The number of carbonyl (C=O) groups excluding carboxylic acids is 2. The summed E-state index contributed by atoms with van der Waals surface area (Å²) in [5.41, 5.74) is 3.45. The zero-order chi connectivity index (χ0) is 24.6. The molecule has 0 saturated carbocycles. The van der Waals surface area contributed by atoms with Gasteiger partial charge in [-0.05, 0) is 77.3 Å². The summed E-state index contributed by atoms with van der Waals surface area (Å²) >= 11 is 3.42. The van der Waals surface area contributed by atoms with Gasteiger partial charge in [-0.15, -0.1) is 0 Å². The van der Waals surface area contributed by atoms with E-state index in [1.807, 2.05) is 44.2 Å². The summed E-state index contributed by atoms with van der Waals surface area (Å²) in [4.78, 5) is 28.2. The molecule has 6 nitrogen and oxygen atoms in total. The van der Waals surface area contributed by atoms with E-state index in [0.717, 1.165) is 11.1 Å². The monoisotopic (exact) mass is 521 g/mol. The Morgan fingerprint density at radius 2 is 1.56 bits per heavy atom. The number of anilines is 1. The molecule has 3 aromatic rings. The number of ketones is 1. The van der Waals surface area contributed by atoms with E-state index >= 15 is 0 Å². The molecule has 4 rings (SSSR count). The van der Waals surface area contributed by atoms with Crippen molar-refractivity contribution in [2.75, 3.05) is 19.1 Å². The van der Waals surface area contributed by atoms with Gasteiger partial charge in [0.1, 0.15) is 17.3 Å². The Morgan fingerprint density at radius 3 is 2.18 bits per heavy atom. The van der Waals surface area contributed by atoms with Crippen molar-refractivity contribution in [3.05, 3.63) is 93.0 Å². The van der Waals surface area contributed by atoms with Crippen LogP contribution in [0.2, 0.25) is 0 Å². The molecule has 174 valence electrons. The molecule has 0 bridgehead atoms. The van der Waals surface area contributed by atoms with Crippen LogP contribution in [0.15, 0.2) is 70.7 Å². The highest BCUT2D eigenvalue weighted by Gasteiger charge is 2.48. The van der Waals surface area contributed by atoms with E-state index in [1.165, 1.54) is 19.1 Å². The molecule has 1 saturated heterocycles. The fourth-order valence-electron chi connectivity index (χ4n) is 4.34. The van der Waals surface area contributed by atoms with Crippen LogP contribution in [-0.4, -0.2) is 31.0 Å². The molecule has 0 aromatic heterocycles. The van der Waals surface area contributed by atoms with E-state index in [1.54, 1.807) is 30.3 Å². The molecule has 7 heteroatoms. The van der Waals surface area contributed by atoms with Gasteiger partial charge in [0, 0.05) is 16.8 Å². The first-order valence-corrected chi connectivity index (χ1v) is 11.4. The smallest absolute Gasteiger partial charge is 0.300 e. The maximum absolute atomic E-state index is 13.4. The van der Waals surface area contributed by atoms with Crippen molar-refractivity contribution in [2.45, 2.75) is 19.9 Å². The van der Waals surface area contributed by atoms with Crippen molar-refractivity contribution >= 4 is 39.1 Å². The van der Waals surface area contributed by atoms with Crippen LogP contribution in [0.4, 0.5) is 5.69 Å². The zero-order valence-electron chi connectivity index (χ0n) is 19.3. The van der Waals surface area contributed by atoms with Crippen molar-refractivity contribution in [2.24, 2.45) is 0 Å². The van der Waals surface area contributed by atoms with Crippen LogP contribution < -0.4 is 14.4 Å². The number of aliphatic hydroxyl groups excluding tert-OH is 1. The lowest BCUT2D eigenvalue weighted by Gasteiger charge is -2.27. The molecule has 1 unspecified atom stereocenters. The molecule has 1 aliphatic rings. The number of hydrogen-bond donors (Lipinski definition) is 1. The molecular formula is C27H24BrNO5. The molecule has 1 atom stereocenters. The SMILES string of the molecule is COc1ccc(/C(O)=C2\C(=O)C(=O)N(c3cc(C)cc(C)c3)C2c2ccccc2OC)cc1Br. The number of rotatable bonds is 5. The lowest BCUT2D eigenvalue weighted by molar-refractivity contribution is -0.132.